The Hall–Kier alpha value is -0.370. The van der Waals surface area contributed by atoms with Crippen molar-refractivity contribution in [1.82, 2.24) is 0 Å². The number of hydrogen-bond donors (Lipinski definition) is 1. The molecule has 0 aromatic rings. The van der Waals surface area contributed by atoms with Gasteiger partial charge in [0.25, 0.3) is 0 Å². The molecule has 0 aliphatic rings. The Morgan fingerprint density at radius 1 is 1.45 bits per heavy atom. The van der Waals surface area contributed by atoms with Crippen LogP contribution < -0.4 is 5.73 Å². The number of carbonyl (C=O) groups excluding carboxylic acids is 1. The first-order chi connectivity index (χ1) is 4.68. The van der Waals surface area contributed by atoms with Crippen molar-refractivity contribution in [2.24, 2.45) is 11.7 Å². The van der Waals surface area contributed by atoms with Gasteiger partial charge in [0.15, 0.2) is 0 Å². The molecule has 0 unspecified atom stereocenters. The quantitative estimate of drug-likeness (QED) is 0.623. The van der Waals surface area contributed by atoms with Crippen LogP contribution in [0.4, 0.5) is 0 Å². The molecule has 0 amide bonds. The third kappa shape index (κ3) is 7.53. The summed E-state index contributed by atoms with van der Waals surface area (Å²) in [6.45, 7) is 4.36. The molecule has 0 aromatic heterocycles. The number of hydrogen-bond acceptors (Lipinski definition) is 2. The highest BCUT2D eigenvalue weighted by Crippen LogP contribution is 2.07. The van der Waals surface area contributed by atoms with E-state index in [9.17, 15) is 4.79 Å². The molecule has 0 radical (unpaired) electrons. The van der Waals surface area contributed by atoms with Crippen LogP contribution in [0.25, 0.3) is 0 Å². The summed E-state index contributed by atoms with van der Waals surface area (Å²) in [7, 11) is 0. The lowest BCUT2D eigenvalue weighted by Crippen LogP contribution is -2.07. The van der Waals surface area contributed by atoms with Gasteiger partial charge in [-0.1, -0.05) is 20.8 Å². The number of nitrogens with two attached hydrogens (primary N) is 1. The number of Topliss-reactive ketones (excluding diaryl/α,β-unsaturated/α-hetero) is 1. The standard InChI is InChI=1S/C8H17NO.CH4/c1-7(8(2)10)5-3-4-6-9;/h7H,3-6,9H2,1-2H3;1H4/t7-;/m1./s1. The maximum Gasteiger partial charge on any atom is 0.132 e. The van der Waals surface area contributed by atoms with Crippen LogP contribution in [0.5, 0.6) is 0 Å². The topological polar surface area (TPSA) is 43.1 Å². The molecular weight excluding hydrogens is 138 g/mol. The normalized spacial score (nSPS) is 11.9. The van der Waals surface area contributed by atoms with Crippen molar-refractivity contribution in [3.8, 4) is 0 Å². The molecule has 2 nitrogen and oxygen atoms in total. The zero-order valence-corrected chi connectivity index (χ0v) is 6.89. The van der Waals surface area contributed by atoms with Crippen molar-refractivity contribution < 1.29 is 4.79 Å². The second-order valence-corrected chi connectivity index (χ2v) is 2.80. The monoisotopic (exact) mass is 159 g/mol. The van der Waals surface area contributed by atoms with Gasteiger partial charge in [0.05, 0.1) is 0 Å². The predicted molar refractivity (Wildman–Crippen MR) is 49.5 cm³/mol. The van der Waals surface area contributed by atoms with E-state index < -0.39 is 0 Å². The second-order valence-electron chi connectivity index (χ2n) is 2.80. The Balaban J connectivity index is 0. The van der Waals surface area contributed by atoms with Crippen LogP contribution in [0, 0.1) is 5.92 Å². The Bertz CT molecular complexity index is 102. The maximum absolute atomic E-state index is 10.7. The van der Waals surface area contributed by atoms with Crippen LogP contribution in [0.2, 0.25) is 0 Å². The van der Waals surface area contributed by atoms with Gasteiger partial charge in [-0.15, -0.1) is 0 Å². The fraction of sp³-hybridized carbons (Fsp3) is 0.889. The smallest absolute Gasteiger partial charge is 0.132 e. The molecule has 68 valence electrons. The molecule has 0 bridgehead atoms. The lowest BCUT2D eigenvalue weighted by molar-refractivity contribution is -0.120. The van der Waals surface area contributed by atoms with E-state index in [1.54, 1.807) is 6.92 Å². The molecule has 0 fully saturated rings. The summed E-state index contributed by atoms with van der Waals surface area (Å²) >= 11 is 0. The highest BCUT2D eigenvalue weighted by molar-refractivity contribution is 5.77. The zero-order valence-electron chi connectivity index (χ0n) is 6.89. The lowest BCUT2D eigenvalue weighted by atomic mass is 10.0. The highest BCUT2D eigenvalue weighted by atomic mass is 16.1. The van der Waals surface area contributed by atoms with E-state index >= 15 is 0 Å². The van der Waals surface area contributed by atoms with E-state index in [4.69, 9.17) is 5.73 Å². The van der Waals surface area contributed by atoms with E-state index in [2.05, 4.69) is 0 Å². The van der Waals surface area contributed by atoms with Gasteiger partial charge in [-0.3, -0.25) is 4.79 Å². The van der Waals surface area contributed by atoms with Gasteiger partial charge in [-0.2, -0.15) is 0 Å². The third-order valence-electron chi connectivity index (χ3n) is 1.79. The minimum atomic E-state index is 0. The van der Waals surface area contributed by atoms with Crippen LogP contribution in [-0.4, -0.2) is 12.3 Å². The summed E-state index contributed by atoms with van der Waals surface area (Å²) < 4.78 is 0. The van der Waals surface area contributed by atoms with Gasteiger partial charge >= 0.3 is 0 Å². The zero-order chi connectivity index (χ0) is 7.98. The van der Waals surface area contributed by atoms with E-state index in [0.717, 1.165) is 25.8 Å². The first-order valence-corrected chi connectivity index (χ1v) is 3.89. The van der Waals surface area contributed by atoms with Gasteiger partial charge in [-0.25, -0.2) is 0 Å². The SMILES string of the molecule is C.CC(=O)[C@H](C)CCCCN. The van der Waals surface area contributed by atoms with Gasteiger partial charge in [0.2, 0.25) is 0 Å². The van der Waals surface area contributed by atoms with Crippen LogP contribution in [0.15, 0.2) is 0 Å². The van der Waals surface area contributed by atoms with Crippen LogP contribution in [-0.2, 0) is 4.79 Å². The summed E-state index contributed by atoms with van der Waals surface area (Å²) in [5.74, 6) is 0.517. The predicted octanol–water partition coefficient (Wildman–Crippen LogP) is 1.98. The van der Waals surface area contributed by atoms with Crippen LogP contribution >= 0.6 is 0 Å². The van der Waals surface area contributed by atoms with Crippen molar-refractivity contribution in [3.05, 3.63) is 0 Å². The molecule has 2 N–H and O–H groups in total. The molecule has 2 heteroatoms. The van der Waals surface area contributed by atoms with E-state index in [1.165, 1.54) is 0 Å². The van der Waals surface area contributed by atoms with Gasteiger partial charge in [-0.05, 0) is 26.3 Å². The molecular formula is C9H21NO. The molecule has 0 aromatic carbocycles. The molecule has 0 aliphatic heterocycles. The van der Waals surface area contributed by atoms with Crippen LogP contribution in [0.3, 0.4) is 0 Å². The Labute approximate surface area is 70.2 Å². The molecule has 0 saturated heterocycles. The van der Waals surface area contributed by atoms with Crippen molar-refractivity contribution in [2.75, 3.05) is 6.54 Å². The number of unbranched alkanes of at least 4 members (excludes halogenated alkanes) is 1. The van der Waals surface area contributed by atoms with E-state index in [1.807, 2.05) is 6.92 Å². The number of rotatable bonds is 5. The number of ketones is 1. The fourth-order valence-corrected chi connectivity index (χ4v) is 0.798. The second kappa shape index (κ2) is 7.73. The lowest BCUT2D eigenvalue weighted by Gasteiger charge is -2.04. The van der Waals surface area contributed by atoms with E-state index in [-0.39, 0.29) is 19.1 Å². The molecule has 0 spiro atoms. The first-order valence-electron chi connectivity index (χ1n) is 3.89. The van der Waals surface area contributed by atoms with Crippen LogP contribution in [0.1, 0.15) is 40.5 Å². The molecule has 0 aliphatic carbocycles. The Morgan fingerprint density at radius 2 is 2.00 bits per heavy atom. The van der Waals surface area contributed by atoms with Crippen molar-refractivity contribution >= 4 is 5.78 Å². The molecule has 11 heavy (non-hydrogen) atoms. The van der Waals surface area contributed by atoms with Gasteiger partial charge in [0, 0.05) is 5.92 Å². The Morgan fingerprint density at radius 3 is 2.36 bits per heavy atom. The minimum absolute atomic E-state index is 0. The Kier molecular flexibility index (Phi) is 9.31. The van der Waals surface area contributed by atoms with Crippen molar-refractivity contribution in [3.63, 3.8) is 0 Å². The van der Waals surface area contributed by atoms with Gasteiger partial charge < -0.3 is 5.73 Å². The van der Waals surface area contributed by atoms with E-state index in [0.29, 0.717) is 0 Å². The number of carbonyl (C=O) groups is 1. The van der Waals surface area contributed by atoms with Crippen molar-refractivity contribution in [2.45, 2.75) is 40.5 Å². The summed E-state index contributed by atoms with van der Waals surface area (Å²) in [6.07, 6.45) is 3.11. The molecule has 0 heterocycles. The summed E-state index contributed by atoms with van der Waals surface area (Å²) in [4.78, 5) is 10.7. The average Bonchev–Trinajstić information content (AvgIpc) is 1.88. The molecule has 0 saturated carbocycles. The highest BCUT2D eigenvalue weighted by Gasteiger charge is 2.05. The van der Waals surface area contributed by atoms with Gasteiger partial charge in [0.1, 0.15) is 5.78 Å². The minimum Gasteiger partial charge on any atom is -0.330 e. The summed E-state index contributed by atoms with van der Waals surface area (Å²) in [5, 5.41) is 0. The third-order valence-corrected chi connectivity index (χ3v) is 1.79. The largest absolute Gasteiger partial charge is 0.330 e. The van der Waals surface area contributed by atoms with Crippen molar-refractivity contribution in [1.29, 1.82) is 0 Å². The summed E-state index contributed by atoms with van der Waals surface area (Å²) in [5.41, 5.74) is 5.31. The maximum atomic E-state index is 10.7. The fourth-order valence-electron chi connectivity index (χ4n) is 0.798. The average molecular weight is 159 g/mol. The molecule has 1 atom stereocenters. The summed E-state index contributed by atoms with van der Waals surface area (Å²) in [6, 6.07) is 0. The first kappa shape index (κ1) is 13.2. The molecule has 0 rings (SSSR count).